The molecule has 1 unspecified atom stereocenters. The second-order valence-electron chi connectivity index (χ2n) is 7.77. The quantitative estimate of drug-likeness (QED) is 0.538. The van der Waals surface area contributed by atoms with Crippen LogP contribution in [0.4, 0.5) is 11.4 Å². The standard InChI is InChI=1S/C23H21N2O4.Y/c26-20-10-11-29-21-9-7-14(12-17(20)21)22-24-18-13-15(23(27)28)6-8-19(18)25(22)16-4-2-1-3-5-16;/h6-10,12-13,16,22,24H,1-5H2,(H,27,28);/q-1;. The second kappa shape index (κ2) is 8.52. The molecule has 7 heteroatoms. The van der Waals surface area contributed by atoms with E-state index >= 15 is 0 Å². The van der Waals surface area contributed by atoms with Crippen LogP contribution in [0, 0.1) is 6.26 Å². The molecule has 3 aromatic rings. The van der Waals surface area contributed by atoms with Crippen LogP contribution in [0.1, 0.15) is 54.2 Å². The molecule has 1 aliphatic carbocycles. The van der Waals surface area contributed by atoms with E-state index < -0.39 is 5.97 Å². The van der Waals surface area contributed by atoms with E-state index in [4.69, 9.17) is 4.42 Å². The zero-order valence-electron chi connectivity index (χ0n) is 16.4. The number of carbonyl (C=O) groups is 1. The van der Waals surface area contributed by atoms with E-state index in [1.165, 1.54) is 25.3 Å². The van der Waals surface area contributed by atoms with E-state index in [1.54, 1.807) is 18.2 Å². The molecule has 5 rings (SSSR count). The fraction of sp³-hybridized carbons (Fsp3) is 0.304. The number of fused-ring (bicyclic) bond motifs is 2. The first-order valence-electron chi connectivity index (χ1n) is 9.98. The van der Waals surface area contributed by atoms with Crippen molar-refractivity contribution in [2.75, 3.05) is 10.2 Å². The number of rotatable bonds is 3. The molecule has 1 aromatic heterocycles. The zero-order chi connectivity index (χ0) is 20.0. The maximum atomic E-state index is 12.3. The fourth-order valence-corrected chi connectivity index (χ4v) is 4.60. The summed E-state index contributed by atoms with van der Waals surface area (Å²) in [6.07, 6.45) is 8.18. The minimum Gasteiger partial charge on any atom is -0.581 e. The molecule has 2 heterocycles. The van der Waals surface area contributed by atoms with Gasteiger partial charge in [0.2, 0.25) is 0 Å². The molecule has 0 saturated heterocycles. The van der Waals surface area contributed by atoms with Gasteiger partial charge in [0.25, 0.3) is 0 Å². The Morgan fingerprint density at radius 2 is 1.93 bits per heavy atom. The van der Waals surface area contributed by atoms with Crippen LogP contribution >= 0.6 is 0 Å². The van der Waals surface area contributed by atoms with Crippen molar-refractivity contribution < 1.29 is 47.0 Å². The van der Waals surface area contributed by atoms with Gasteiger partial charge in [-0.05, 0) is 48.3 Å². The first-order chi connectivity index (χ1) is 14.1. The molecule has 6 nitrogen and oxygen atoms in total. The van der Waals surface area contributed by atoms with Crippen molar-refractivity contribution in [3.63, 3.8) is 0 Å². The summed E-state index contributed by atoms with van der Waals surface area (Å²) in [5.74, 6) is -0.943. The van der Waals surface area contributed by atoms with Crippen LogP contribution in [0.3, 0.4) is 0 Å². The number of anilines is 2. The summed E-state index contributed by atoms with van der Waals surface area (Å²) in [7, 11) is 0. The van der Waals surface area contributed by atoms with Crippen LogP contribution in [0.25, 0.3) is 11.0 Å². The number of benzene rings is 2. The number of hydrogen-bond acceptors (Lipinski definition) is 5. The van der Waals surface area contributed by atoms with Gasteiger partial charge in [-0.3, -0.25) is 0 Å². The van der Waals surface area contributed by atoms with Gasteiger partial charge in [0.05, 0.1) is 22.4 Å². The Morgan fingerprint density at radius 3 is 2.70 bits per heavy atom. The Labute approximate surface area is 199 Å². The van der Waals surface area contributed by atoms with Gasteiger partial charge in [-0.25, -0.2) is 4.79 Å². The van der Waals surface area contributed by atoms with E-state index in [1.807, 2.05) is 18.2 Å². The zero-order valence-corrected chi connectivity index (χ0v) is 19.3. The van der Waals surface area contributed by atoms with Crippen molar-refractivity contribution in [2.24, 2.45) is 0 Å². The Kier molecular flexibility index (Phi) is 5.98. The topological polar surface area (TPSA) is 82.8 Å². The minimum atomic E-state index is -0.943. The molecule has 0 amide bonds. The number of carboxylic acids is 1. The molecule has 2 N–H and O–H groups in total. The molecule has 1 atom stereocenters. The van der Waals surface area contributed by atoms with Crippen LogP contribution in [-0.4, -0.2) is 17.1 Å². The molecule has 2 aliphatic rings. The van der Waals surface area contributed by atoms with Crippen LogP contribution < -0.4 is 15.6 Å². The third-order valence-corrected chi connectivity index (χ3v) is 6.00. The van der Waals surface area contributed by atoms with Gasteiger partial charge in [-0.15, -0.1) is 0 Å². The van der Waals surface area contributed by atoms with Crippen molar-refractivity contribution in [3.8, 4) is 0 Å². The number of aromatic carboxylic acids is 1. The predicted octanol–water partition coefficient (Wildman–Crippen LogP) is 4.55. The Bertz CT molecular complexity index is 1150. The average molecular weight is 478 g/mol. The van der Waals surface area contributed by atoms with E-state index in [9.17, 15) is 14.7 Å². The molecule has 1 saturated carbocycles. The summed E-state index contributed by atoms with van der Waals surface area (Å²) in [5.41, 5.74) is 3.43. The summed E-state index contributed by atoms with van der Waals surface area (Å²) in [6.45, 7) is 0. The van der Waals surface area contributed by atoms with Crippen LogP contribution in [0.5, 0.6) is 0 Å². The Hall–Kier alpha value is -2.18. The largest absolute Gasteiger partial charge is 0.581 e. The van der Waals surface area contributed by atoms with E-state index in [0.29, 0.717) is 17.0 Å². The van der Waals surface area contributed by atoms with Crippen molar-refractivity contribution in [3.05, 3.63) is 70.1 Å². The van der Waals surface area contributed by atoms with Crippen LogP contribution in [0.15, 0.2) is 51.7 Å². The summed E-state index contributed by atoms with van der Waals surface area (Å²) >= 11 is 0. The fourth-order valence-electron chi connectivity index (χ4n) is 4.60. The first-order valence-corrected chi connectivity index (χ1v) is 9.98. The number of carboxylic acid groups (broad SMARTS) is 1. The first kappa shape index (κ1) is 21.1. The second-order valence-corrected chi connectivity index (χ2v) is 7.77. The van der Waals surface area contributed by atoms with Crippen molar-refractivity contribution in [2.45, 2.75) is 44.3 Å². The molecule has 2 aromatic carbocycles. The third-order valence-electron chi connectivity index (χ3n) is 6.00. The van der Waals surface area contributed by atoms with Gasteiger partial charge in [0.1, 0.15) is 6.17 Å². The SMILES string of the molecule is O=C(O)c1ccc2c(c1)NC(c1ccc3o[c-]cc(=O)c3c1)N2C1CCCCC1.[Y]. The molecule has 151 valence electrons. The van der Waals surface area contributed by atoms with Gasteiger partial charge < -0.3 is 24.5 Å². The smallest absolute Gasteiger partial charge is 0.335 e. The molecule has 0 bridgehead atoms. The normalized spacial score (nSPS) is 18.5. The van der Waals surface area contributed by atoms with E-state index in [-0.39, 0.29) is 49.9 Å². The molecule has 0 spiro atoms. The summed E-state index contributed by atoms with van der Waals surface area (Å²) in [5, 5.41) is 13.4. The number of hydrogen-bond donors (Lipinski definition) is 2. The molecule has 30 heavy (non-hydrogen) atoms. The van der Waals surface area contributed by atoms with Crippen molar-refractivity contribution >= 4 is 28.3 Å². The molecular formula is C23H21N2O4Y-. The van der Waals surface area contributed by atoms with Crippen molar-refractivity contribution in [1.82, 2.24) is 0 Å². The van der Waals surface area contributed by atoms with Gasteiger partial charge in [-0.1, -0.05) is 43.5 Å². The number of nitrogens with zero attached hydrogens (tertiary/aromatic N) is 1. The van der Waals surface area contributed by atoms with Gasteiger partial charge in [-0.2, -0.15) is 0 Å². The summed E-state index contributed by atoms with van der Waals surface area (Å²) < 4.78 is 5.33. The molecule has 1 aliphatic heterocycles. The minimum absolute atomic E-state index is 0. The monoisotopic (exact) mass is 478 g/mol. The third kappa shape index (κ3) is 3.67. The number of nitrogens with one attached hydrogen (secondary N) is 1. The van der Waals surface area contributed by atoms with E-state index in [2.05, 4.69) is 16.5 Å². The molecular weight excluding hydrogens is 457 g/mol. The summed E-state index contributed by atoms with van der Waals surface area (Å²) in [4.78, 5) is 26.1. The van der Waals surface area contributed by atoms with Crippen LogP contribution in [-0.2, 0) is 32.7 Å². The van der Waals surface area contributed by atoms with Gasteiger partial charge >= 0.3 is 5.97 Å². The molecule has 1 radical (unpaired) electrons. The predicted molar refractivity (Wildman–Crippen MR) is 110 cm³/mol. The van der Waals surface area contributed by atoms with Crippen molar-refractivity contribution in [1.29, 1.82) is 0 Å². The van der Waals surface area contributed by atoms with Gasteiger partial charge in [0, 0.05) is 44.3 Å². The maximum absolute atomic E-state index is 12.3. The summed E-state index contributed by atoms with van der Waals surface area (Å²) in [6, 6.07) is 12.5. The Balaban J connectivity index is 0.00000218. The van der Waals surface area contributed by atoms with E-state index in [0.717, 1.165) is 29.8 Å². The molecule has 1 fully saturated rings. The average Bonchev–Trinajstić information content (AvgIpc) is 3.13. The Morgan fingerprint density at radius 1 is 1.13 bits per heavy atom. The maximum Gasteiger partial charge on any atom is 0.335 e. The van der Waals surface area contributed by atoms with Gasteiger partial charge in [0.15, 0.2) is 0 Å². The van der Waals surface area contributed by atoms with Crippen LogP contribution in [0.2, 0.25) is 0 Å².